The molecule has 0 saturated carbocycles. The van der Waals surface area contributed by atoms with Crippen molar-refractivity contribution >= 4 is 38.8 Å². The highest BCUT2D eigenvalue weighted by Crippen LogP contribution is 2.32. The highest BCUT2D eigenvalue weighted by Gasteiger charge is 2.47. The van der Waals surface area contributed by atoms with E-state index in [1.807, 2.05) is 61.5 Å². The van der Waals surface area contributed by atoms with Crippen LogP contribution in [0.5, 0.6) is 5.75 Å². The number of nitrogens with two attached hydrogens (primary N) is 2. The van der Waals surface area contributed by atoms with Crippen LogP contribution in [0.25, 0.3) is 10.8 Å². The summed E-state index contributed by atoms with van der Waals surface area (Å²) in [7, 11) is -2.87. The minimum absolute atomic E-state index is 0.0144. The van der Waals surface area contributed by atoms with Crippen molar-refractivity contribution in [2.45, 2.75) is 43.3 Å². The number of likely N-dealkylation sites (tertiary alicyclic amines) is 1. The van der Waals surface area contributed by atoms with Crippen molar-refractivity contribution < 1.29 is 22.7 Å². The Labute approximate surface area is 256 Å². The number of hydrogen-bond acceptors (Lipinski definition) is 7. The third kappa shape index (κ3) is 6.43. The van der Waals surface area contributed by atoms with Crippen molar-refractivity contribution in [3.63, 3.8) is 0 Å². The monoisotopic (exact) mass is 613 g/mol. The molecule has 0 bridgehead atoms. The molecule has 2 amide bonds. The number of rotatable bonds is 11. The lowest BCUT2D eigenvalue weighted by atomic mass is 10.0. The SMILES string of the molecule is COc1ccc2ccc(S(=O)(=O)N(C(Cc3ccc(C)cc3)C(N)=O)[C@H]3CCN(Cc4cccc(C=NN)c4)C3=O)cc2c1. The lowest BCUT2D eigenvalue weighted by Gasteiger charge is -2.33. The van der Waals surface area contributed by atoms with E-state index in [-0.39, 0.29) is 24.3 Å². The lowest BCUT2D eigenvalue weighted by molar-refractivity contribution is -0.132. The van der Waals surface area contributed by atoms with E-state index in [0.29, 0.717) is 17.7 Å². The van der Waals surface area contributed by atoms with Crippen LogP contribution in [0.2, 0.25) is 0 Å². The maximum atomic E-state index is 14.5. The molecule has 0 aromatic heterocycles. The smallest absolute Gasteiger partial charge is 0.244 e. The summed E-state index contributed by atoms with van der Waals surface area (Å²) in [4.78, 5) is 28.6. The van der Waals surface area contributed by atoms with Gasteiger partial charge in [-0.25, -0.2) is 8.42 Å². The van der Waals surface area contributed by atoms with Gasteiger partial charge in [0.05, 0.1) is 18.2 Å². The van der Waals surface area contributed by atoms with E-state index < -0.39 is 33.9 Å². The summed E-state index contributed by atoms with van der Waals surface area (Å²) in [6, 6.07) is 22.5. The Bertz CT molecular complexity index is 1820. The molecule has 1 unspecified atom stereocenters. The van der Waals surface area contributed by atoms with Crippen LogP contribution in [0, 0.1) is 6.92 Å². The zero-order chi connectivity index (χ0) is 31.4. The number of sulfonamides is 1. The van der Waals surface area contributed by atoms with Crippen molar-refractivity contribution in [2.24, 2.45) is 16.7 Å². The number of carbonyl (C=O) groups excluding carboxylic acids is 2. The Kier molecular flexibility index (Phi) is 8.98. The minimum Gasteiger partial charge on any atom is -0.497 e. The summed E-state index contributed by atoms with van der Waals surface area (Å²) in [5.41, 5.74) is 9.28. The first kappa shape index (κ1) is 30.7. The number of methoxy groups -OCH3 is 1. The van der Waals surface area contributed by atoms with E-state index in [9.17, 15) is 18.0 Å². The molecule has 5 rings (SSSR count). The Morgan fingerprint density at radius 2 is 1.80 bits per heavy atom. The van der Waals surface area contributed by atoms with Crippen LogP contribution in [0.3, 0.4) is 0 Å². The molecular weight excluding hydrogens is 578 g/mol. The molecule has 1 aliphatic heterocycles. The van der Waals surface area contributed by atoms with Crippen molar-refractivity contribution in [1.29, 1.82) is 0 Å². The molecule has 1 saturated heterocycles. The number of hydrazone groups is 1. The van der Waals surface area contributed by atoms with E-state index in [2.05, 4.69) is 5.10 Å². The molecule has 44 heavy (non-hydrogen) atoms. The molecule has 0 aliphatic carbocycles. The maximum Gasteiger partial charge on any atom is 0.244 e. The second-order valence-corrected chi connectivity index (χ2v) is 12.7. The predicted octanol–water partition coefficient (Wildman–Crippen LogP) is 3.34. The number of fused-ring (bicyclic) bond motifs is 1. The number of amides is 2. The fourth-order valence-electron chi connectivity index (χ4n) is 5.62. The summed E-state index contributed by atoms with van der Waals surface area (Å²) in [5.74, 6) is 4.63. The lowest BCUT2D eigenvalue weighted by Crippen LogP contribution is -2.55. The average molecular weight is 614 g/mol. The first-order valence-electron chi connectivity index (χ1n) is 14.2. The minimum atomic E-state index is -4.40. The van der Waals surface area contributed by atoms with Gasteiger partial charge in [0, 0.05) is 13.1 Å². The molecule has 1 aliphatic rings. The number of hydrogen-bond donors (Lipinski definition) is 2. The summed E-state index contributed by atoms with van der Waals surface area (Å²) in [5, 5.41) is 5.01. The second-order valence-electron chi connectivity index (χ2n) is 10.9. The highest BCUT2D eigenvalue weighted by atomic mass is 32.2. The number of ether oxygens (including phenoxy) is 1. The van der Waals surface area contributed by atoms with E-state index in [4.69, 9.17) is 16.3 Å². The molecule has 1 fully saturated rings. The third-order valence-corrected chi connectivity index (χ3v) is 9.82. The molecule has 2 atom stereocenters. The molecule has 4 aromatic rings. The third-order valence-electron chi connectivity index (χ3n) is 7.90. The summed E-state index contributed by atoms with van der Waals surface area (Å²) >= 11 is 0. The zero-order valence-corrected chi connectivity index (χ0v) is 25.4. The number of primary amides is 1. The van der Waals surface area contributed by atoms with Gasteiger partial charge in [0.1, 0.15) is 17.8 Å². The Balaban J connectivity index is 1.55. The maximum absolute atomic E-state index is 14.5. The molecule has 4 N–H and O–H groups in total. The number of nitrogens with zero attached hydrogens (tertiary/aromatic N) is 3. The van der Waals surface area contributed by atoms with Gasteiger partial charge in [-0.3, -0.25) is 9.59 Å². The number of carbonyl (C=O) groups is 2. The van der Waals surface area contributed by atoms with E-state index >= 15 is 0 Å². The zero-order valence-electron chi connectivity index (χ0n) is 24.6. The van der Waals surface area contributed by atoms with Gasteiger partial charge >= 0.3 is 0 Å². The molecule has 228 valence electrons. The van der Waals surface area contributed by atoms with Crippen LogP contribution in [0.4, 0.5) is 0 Å². The summed E-state index contributed by atoms with van der Waals surface area (Å²) in [6.45, 7) is 2.49. The van der Waals surface area contributed by atoms with E-state index in [1.54, 1.807) is 23.1 Å². The van der Waals surface area contributed by atoms with Gasteiger partial charge in [0.15, 0.2) is 0 Å². The largest absolute Gasteiger partial charge is 0.497 e. The van der Waals surface area contributed by atoms with Crippen LogP contribution < -0.4 is 16.3 Å². The van der Waals surface area contributed by atoms with Gasteiger partial charge in [0.2, 0.25) is 21.8 Å². The van der Waals surface area contributed by atoms with Gasteiger partial charge in [-0.2, -0.15) is 9.41 Å². The average Bonchev–Trinajstić information content (AvgIpc) is 3.36. The van der Waals surface area contributed by atoms with Gasteiger partial charge in [-0.05, 0) is 77.6 Å². The van der Waals surface area contributed by atoms with Crippen molar-refractivity contribution in [2.75, 3.05) is 13.7 Å². The molecule has 1 heterocycles. The number of aryl methyl sites for hydroxylation is 1. The fourth-order valence-corrected chi connectivity index (χ4v) is 7.42. The topological polar surface area (TPSA) is 148 Å². The fraction of sp³-hybridized carbons (Fsp3) is 0.242. The van der Waals surface area contributed by atoms with Crippen LogP contribution in [0.1, 0.15) is 28.7 Å². The van der Waals surface area contributed by atoms with Crippen LogP contribution in [-0.2, 0) is 32.6 Å². The van der Waals surface area contributed by atoms with Gasteiger partial charge in [-0.1, -0.05) is 60.2 Å². The van der Waals surface area contributed by atoms with E-state index in [0.717, 1.165) is 31.9 Å². The standard InChI is InChI=1S/C33H35N5O5S/c1-22-6-8-23(9-7-22)17-31(32(34)39)38(44(41,42)29-13-11-26-10-12-28(43-2)18-27(26)19-29)30-14-15-37(33(30)40)21-25-5-3-4-24(16-25)20-36-35/h3-13,16,18-20,30-31H,14-15,17,21,35H2,1-2H3,(H2,34,39)/t30-,31?/m0/s1. The molecule has 0 spiro atoms. The summed E-state index contributed by atoms with van der Waals surface area (Å²) < 4.78 is 35.4. The first-order valence-corrected chi connectivity index (χ1v) is 15.6. The second kappa shape index (κ2) is 12.9. The van der Waals surface area contributed by atoms with Crippen molar-refractivity contribution in [3.8, 4) is 5.75 Å². The van der Waals surface area contributed by atoms with Gasteiger partial charge < -0.3 is 21.2 Å². The van der Waals surface area contributed by atoms with Crippen molar-refractivity contribution in [3.05, 3.63) is 107 Å². The Morgan fingerprint density at radius 3 is 2.50 bits per heavy atom. The van der Waals surface area contributed by atoms with Gasteiger partial charge in [0.25, 0.3) is 0 Å². The van der Waals surface area contributed by atoms with Crippen LogP contribution in [-0.4, -0.2) is 61.4 Å². The van der Waals surface area contributed by atoms with Crippen LogP contribution in [0.15, 0.2) is 94.9 Å². The van der Waals surface area contributed by atoms with Gasteiger partial charge in [-0.15, -0.1) is 0 Å². The molecular formula is C33H35N5O5S. The molecule has 11 heteroatoms. The quantitative estimate of drug-likeness (QED) is 0.151. The molecule has 10 nitrogen and oxygen atoms in total. The van der Waals surface area contributed by atoms with Crippen LogP contribution >= 0.6 is 0 Å². The summed E-state index contributed by atoms with van der Waals surface area (Å²) in [6.07, 6.45) is 1.72. The highest BCUT2D eigenvalue weighted by molar-refractivity contribution is 7.89. The number of benzene rings is 4. The Hall–Kier alpha value is -4.74. The first-order chi connectivity index (χ1) is 21.1. The molecule has 0 radical (unpaired) electrons. The molecule has 4 aromatic carbocycles. The van der Waals surface area contributed by atoms with E-state index in [1.165, 1.54) is 25.5 Å². The normalized spacial score (nSPS) is 16.2. The van der Waals surface area contributed by atoms with Crippen molar-refractivity contribution in [1.82, 2.24) is 9.21 Å². The predicted molar refractivity (Wildman–Crippen MR) is 169 cm³/mol. The Morgan fingerprint density at radius 1 is 1.05 bits per heavy atom.